The van der Waals surface area contributed by atoms with Crippen molar-refractivity contribution in [2.24, 2.45) is 0 Å². The van der Waals surface area contributed by atoms with Crippen LogP contribution < -0.4 is 14.8 Å². The van der Waals surface area contributed by atoms with Gasteiger partial charge in [0, 0.05) is 6.42 Å². The summed E-state index contributed by atoms with van der Waals surface area (Å²) in [7, 11) is 0. The van der Waals surface area contributed by atoms with E-state index in [4.69, 9.17) is 21.1 Å². The molecule has 2 aromatic carbocycles. The molecule has 1 amide bonds. The van der Waals surface area contributed by atoms with Crippen molar-refractivity contribution in [3.8, 4) is 11.5 Å². The van der Waals surface area contributed by atoms with Crippen molar-refractivity contribution in [2.75, 3.05) is 13.2 Å². The van der Waals surface area contributed by atoms with Gasteiger partial charge in [0.2, 0.25) is 5.91 Å². The van der Waals surface area contributed by atoms with E-state index in [2.05, 4.69) is 5.32 Å². The Bertz CT molecular complexity index is 809. The molecule has 0 unspecified atom stereocenters. The maximum absolute atomic E-state index is 12.3. The summed E-state index contributed by atoms with van der Waals surface area (Å²) in [4.78, 5) is 23.8. The minimum atomic E-state index is -1.08. The van der Waals surface area contributed by atoms with Crippen LogP contribution in [0.15, 0.2) is 42.5 Å². The summed E-state index contributed by atoms with van der Waals surface area (Å²) in [6.45, 7) is 0.837. The largest absolute Gasteiger partial charge is 0.486 e. The van der Waals surface area contributed by atoms with Crippen molar-refractivity contribution in [1.82, 2.24) is 5.32 Å². The molecule has 0 fully saturated rings. The van der Waals surface area contributed by atoms with Gasteiger partial charge in [-0.15, -0.1) is 0 Å². The predicted molar refractivity (Wildman–Crippen MR) is 95.9 cm³/mol. The maximum atomic E-state index is 12.3. The van der Waals surface area contributed by atoms with Crippen molar-refractivity contribution in [3.05, 3.63) is 58.6 Å². The van der Waals surface area contributed by atoms with Crippen LogP contribution in [0, 0.1) is 0 Å². The number of amides is 1. The Labute approximate surface area is 155 Å². The Morgan fingerprint density at radius 1 is 1.12 bits per heavy atom. The number of rotatable bonds is 6. The standard InChI is InChI=1S/C19H18ClNO5/c20-14-8-13(10-16-18(14)26-7-6-25-16)11-17(22)21-15(19(23)24)9-12-4-2-1-3-5-12/h1-5,8,10,15H,6-7,9,11H2,(H,21,22)(H,23,24)/t15-/m1/s1. The number of carboxylic acid groups (broad SMARTS) is 1. The van der Waals surface area contributed by atoms with E-state index in [-0.39, 0.29) is 12.8 Å². The van der Waals surface area contributed by atoms with Gasteiger partial charge in [-0.1, -0.05) is 41.9 Å². The van der Waals surface area contributed by atoms with Crippen LogP contribution in [0.25, 0.3) is 0 Å². The van der Waals surface area contributed by atoms with Gasteiger partial charge >= 0.3 is 5.97 Å². The van der Waals surface area contributed by atoms with Crippen LogP contribution in [-0.2, 0) is 22.4 Å². The van der Waals surface area contributed by atoms with Crippen LogP contribution >= 0.6 is 11.6 Å². The van der Waals surface area contributed by atoms with Crippen molar-refractivity contribution in [1.29, 1.82) is 0 Å². The lowest BCUT2D eigenvalue weighted by Crippen LogP contribution is -2.43. The molecule has 0 aliphatic carbocycles. The third-order valence-electron chi connectivity index (χ3n) is 3.94. The molecule has 0 saturated carbocycles. The summed E-state index contributed by atoms with van der Waals surface area (Å²) >= 11 is 6.16. The molecule has 6 nitrogen and oxygen atoms in total. The molecule has 26 heavy (non-hydrogen) atoms. The molecule has 2 N–H and O–H groups in total. The molecule has 3 rings (SSSR count). The van der Waals surface area contributed by atoms with Crippen molar-refractivity contribution in [2.45, 2.75) is 18.9 Å². The Kier molecular flexibility index (Phi) is 5.63. The summed E-state index contributed by atoms with van der Waals surface area (Å²) in [5.74, 6) is -0.524. The first-order valence-electron chi connectivity index (χ1n) is 8.17. The smallest absolute Gasteiger partial charge is 0.326 e. The van der Waals surface area contributed by atoms with Crippen LogP contribution in [0.2, 0.25) is 5.02 Å². The zero-order chi connectivity index (χ0) is 18.5. The average Bonchev–Trinajstić information content (AvgIpc) is 2.62. The molecular formula is C19H18ClNO5. The molecule has 0 radical (unpaired) electrons. The lowest BCUT2D eigenvalue weighted by Gasteiger charge is -2.20. The lowest BCUT2D eigenvalue weighted by atomic mass is 10.1. The number of benzene rings is 2. The molecule has 0 bridgehead atoms. The van der Waals surface area contributed by atoms with E-state index in [1.807, 2.05) is 30.3 Å². The number of carboxylic acids is 1. The minimum Gasteiger partial charge on any atom is -0.486 e. The SMILES string of the molecule is O=C(Cc1cc(Cl)c2c(c1)OCCO2)N[C@H](Cc1ccccc1)C(=O)O. The second-order valence-electron chi connectivity index (χ2n) is 5.93. The predicted octanol–water partition coefficient (Wildman–Crippen LogP) is 2.47. The van der Waals surface area contributed by atoms with Gasteiger partial charge in [0.25, 0.3) is 0 Å². The number of fused-ring (bicyclic) bond motifs is 1. The van der Waals surface area contributed by atoms with Crippen molar-refractivity contribution < 1.29 is 24.2 Å². The first-order valence-corrected chi connectivity index (χ1v) is 8.55. The first-order chi connectivity index (χ1) is 12.5. The Morgan fingerprint density at radius 3 is 2.58 bits per heavy atom. The van der Waals surface area contributed by atoms with Crippen LogP contribution in [0.4, 0.5) is 0 Å². The number of aliphatic carboxylic acids is 1. The Morgan fingerprint density at radius 2 is 1.85 bits per heavy atom. The zero-order valence-corrected chi connectivity index (χ0v) is 14.7. The summed E-state index contributed by atoms with van der Waals surface area (Å²) in [5, 5.41) is 12.3. The second kappa shape index (κ2) is 8.10. The van der Waals surface area contributed by atoms with E-state index in [9.17, 15) is 14.7 Å². The van der Waals surface area contributed by atoms with E-state index in [1.165, 1.54) is 0 Å². The zero-order valence-electron chi connectivity index (χ0n) is 13.9. The van der Waals surface area contributed by atoms with Gasteiger partial charge in [0.1, 0.15) is 19.3 Å². The Hall–Kier alpha value is -2.73. The van der Waals surface area contributed by atoms with Crippen LogP contribution in [-0.4, -0.2) is 36.2 Å². The first kappa shape index (κ1) is 18.1. The number of hydrogen-bond acceptors (Lipinski definition) is 4. The molecular weight excluding hydrogens is 358 g/mol. The molecule has 7 heteroatoms. The highest BCUT2D eigenvalue weighted by molar-refractivity contribution is 6.32. The molecule has 1 heterocycles. The summed E-state index contributed by atoms with van der Waals surface area (Å²) in [6.07, 6.45) is 0.207. The van der Waals surface area contributed by atoms with E-state index in [0.717, 1.165) is 5.56 Å². The second-order valence-corrected chi connectivity index (χ2v) is 6.33. The molecule has 1 atom stereocenters. The topological polar surface area (TPSA) is 84.9 Å². The van der Waals surface area contributed by atoms with E-state index < -0.39 is 17.9 Å². The summed E-state index contributed by atoms with van der Waals surface area (Å²) in [5.41, 5.74) is 1.46. The third-order valence-corrected chi connectivity index (χ3v) is 4.22. The normalized spacial score (nSPS) is 13.7. The van der Waals surface area contributed by atoms with Gasteiger partial charge in [0.15, 0.2) is 11.5 Å². The molecule has 0 aromatic heterocycles. The lowest BCUT2D eigenvalue weighted by molar-refractivity contribution is -0.141. The van der Waals surface area contributed by atoms with Crippen LogP contribution in [0.5, 0.6) is 11.5 Å². The van der Waals surface area contributed by atoms with E-state index >= 15 is 0 Å². The summed E-state index contributed by atoms with van der Waals surface area (Å²) in [6, 6.07) is 11.5. The number of hydrogen-bond donors (Lipinski definition) is 2. The fourth-order valence-electron chi connectivity index (χ4n) is 2.75. The quantitative estimate of drug-likeness (QED) is 0.810. The Balaban J connectivity index is 1.67. The number of carbonyl (C=O) groups excluding carboxylic acids is 1. The van der Waals surface area contributed by atoms with E-state index in [0.29, 0.717) is 35.3 Å². The fraction of sp³-hybridized carbons (Fsp3) is 0.263. The van der Waals surface area contributed by atoms with Crippen molar-refractivity contribution in [3.63, 3.8) is 0 Å². The minimum absolute atomic E-state index is 0.00503. The van der Waals surface area contributed by atoms with Gasteiger partial charge in [-0.2, -0.15) is 0 Å². The van der Waals surface area contributed by atoms with Gasteiger partial charge in [-0.05, 0) is 23.3 Å². The van der Waals surface area contributed by atoms with Crippen LogP contribution in [0.3, 0.4) is 0 Å². The summed E-state index contributed by atoms with van der Waals surface area (Å²) < 4.78 is 10.9. The maximum Gasteiger partial charge on any atom is 0.326 e. The van der Waals surface area contributed by atoms with Crippen molar-refractivity contribution >= 4 is 23.5 Å². The highest BCUT2D eigenvalue weighted by Gasteiger charge is 2.22. The van der Waals surface area contributed by atoms with Gasteiger partial charge in [-0.3, -0.25) is 4.79 Å². The average molecular weight is 376 g/mol. The number of halogens is 1. The van der Waals surface area contributed by atoms with Gasteiger partial charge in [-0.25, -0.2) is 4.79 Å². The molecule has 0 saturated heterocycles. The highest BCUT2D eigenvalue weighted by Crippen LogP contribution is 2.38. The number of nitrogens with one attached hydrogen (secondary N) is 1. The molecule has 136 valence electrons. The third kappa shape index (κ3) is 4.46. The molecule has 1 aliphatic heterocycles. The molecule has 1 aliphatic rings. The van der Waals surface area contributed by atoms with E-state index in [1.54, 1.807) is 12.1 Å². The van der Waals surface area contributed by atoms with Gasteiger partial charge < -0.3 is 19.9 Å². The fourth-order valence-corrected chi connectivity index (χ4v) is 3.03. The number of carbonyl (C=O) groups is 2. The molecule has 0 spiro atoms. The van der Waals surface area contributed by atoms with Gasteiger partial charge in [0.05, 0.1) is 11.4 Å². The number of ether oxygens (including phenoxy) is 2. The van der Waals surface area contributed by atoms with Crippen LogP contribution in [0.1, 0.15) is 11.1 Å². The highest BCUT2D eigenvalue weighted by atomic mass is 35.5. The molecule has 2 aromatic rings. The monoisotopic (exact) mass is 375 g/mol.